The summed E-state index contributed by atoms with van der Waals surface area (Å²) < 4.78 is 1.94. The highest BCUT2D eigenvalue weighted by molar-refractivity contribution is 5.30. The number of benzene rings is 1. The smallest absolute Gasteiger partial charge is 0.0766 e. The van der Waals surface area contributed by atoms with Crippen LogP contribution < -0.4 is 5.32 Å². The fourth-order valence-corrected chi connectivity index (χ4v) is 3.09. The standard InChI is InChI=1S/C17H24N4/c1-2-20-11-6-9-17(20)14-18-13-15-10-12-21(19-15)16-7-4-3-5-8-16/h3-5,7-8,10,12,17-18H,2,6,9,11,13-14H2,1H3. The van der Waals surface area contributed by atoms with Crippen LogP contribution >= 0.6 is 0 Å². The Balaban J connectivity index is 1.51. The first-order chi connectivity index (χ1) is 10.4. The van der Waals surface area contributed by atoms with Gasteiger partial charge in [-0.1, -0.05) is 25.1 Å². The van der Waals surface area contributed by atoms with Gasteiger partial charge in [-0.2, -0.15) is 5.10 Å². The van der Waals surface area contributed by atoms with E-state index in [-0.39, 0.29) is 0 Å². The van der Waals surface area contributed by atoms with Crippen molar-refractivity contribution < 1.29 is 0 Å². The number of nitrogens with one attached hydrogen (secondary N) is 1. The summed E-state index contributed by atoms with van der Waals surface area (Å²) in [4.78, 5) is 2.57. The van der Waals surface area contributed by atoms with Crippen LogP contribution in [-0.4, -0.2) is 40.4 Å². The van der Waals surface area contributed by atoms with Crippen LogP contribution in [0.25, 0.3) is 5.69 Å². The van der Waals surface area contributed by atoms with Gasteiger partial charge in [-0.05, 0) is 44.1 Å². The van der Waals surface area contributed by atoms with Gasteiger partial charge in [0.15, 0.2) is 0 Å². The molecule has 4 heteroatoms. The zero-order valence-corrected chi connectivity index (χ0v) is 12.7. The van der Waals surface area contributed by atoms with E-state index in [1.165, 1.54) is 19.4 Å². The molecule has 0 aliphatic carbocycles. The van der Waals surface area contributed by atoms with Crippen molar-refractivity contribution in [2.24, 2.45) is 0 Å². The average Bonchev–Trinajstić information content (AvgIpc) is 3.17. The average molecular weight is 284 g/mol. The Bertz CT molecular complexity index is 549. The molecule has 1 aromatic carbocycles. The Morgan fingerprint density at radius 2 is 2.10 bits per heavy atom. The Morgan fingerprint density at radius 1 is 1.24 bits per heavy atom. The molecule has 1 saturated heterocycles. The lowest BCUT2D eigenvalue weighted by molar-refractivity contribution is 0.259. The minimum Gasteiger partial charge on any atom is -0.310 e. The van der Waals surface area contributed by atoms with Gasteiger partial charge in [0.2, 0.25) is 0 Å². The normalized spacial score (nSPS) is 19.2. The molecule has 1 unspecified atom stereocenters. The zero-order valence-electron chi connectivity index (χ0n) is 12.7. The van der Waals surface area contributed by atoms with Gasteiger partial charge in [0, 0.05) is 25.3 Å². The van der Waals surface area contributed by atoms with Crippen molar-refractivity contribution in [2.45, 2.75) is 32.4 Å². The number of likely N-dealkylation sites (tertiary alicyclic amines) is 1. The number of hydrogen-bond acceptors (Lipinski definition) is 3. The predicted octanol–water partition coefficient (Wildman–Crippen LogP) is 2.45. The summed E-state index contributed by atoms with van der Waals surface area (Å²) in [6.07, 6.45) is 4.68. The van der Waals surface area contributed by atoms with E-state index in [9.17, 15) is 0 Å². The van der Waals surface area contributed by atoms with Crippen LogP contribution in [0, 0.1) is 0 Å². The van der Waals surface area contributed by atoms with Crippen LogP contribution in [0.2, 0.25) is 0 Å². The highest BCUT2D eigenvalue weighted by Gasteiger charge is 2.22. The highest BCUT2D eigenvalue weighted by Crippen LogP contribution is 2.15. The van der Waals surface area contributed by atoms with Gasteiger partial charge in [-0.25, -0.2) is 4.68 Å². The molecule has 0 saturated carbocycles. The van der Waals surface area contributed by atoms with Crippen molar-refractivity contribution in [2.75, 3.05) is 19.6 Å². The van der Waals surface area contributed by atoms with E-state index in [2.05, 4.69) is 40.4 Å². The fraction of sp³-hybridized carbons (Fsp3) is 0.471. The fourth-order valence-electron chi connectivity index (χ4n) is 3.09. The highest BCUT2D eigenvalue weighted by atomic mass is 15.3. The molecule has 21 heavy (non-hydrogen) atoms. The molecule has 2 heterocycles. The Morgan fingerprint density at radius 3 is 2.90 bits per heavy atom. The summed E-state index contributed by atoms with van der Waals surface area (Å²) >= 11 is 0. The van der Waals surface area contributed by atoms with Crippen LogP contribution in [0.15, 0.2) is 42.6 Å². The maximum atomic E-state index is 4.62. The second-order valence-electron chi connectivity index (χ2n) is 5.64. The van der Waals surface area contributed by atoms with E-state index in [0.29, 0.717) is 6.04 Å². The number of aromatic nitrogens is 2. The van der Waals surface area contributed by atoms with E-state index in [4.69, 9.17) is 0 Å². The molecule has 112 valence electrons. The lowest BCUT2D eigenvalue weighted by Crippen LogP contribution is -2.37. The lowest BCUT2D eigenvalue weighted by atomic mass is 10.2. The molecule has 1 N–H and O–H groups in total. The molecular formula is C17H24N4. The monoisotopic (exact) mass is 284 g/mol. The molecule has 1 aliphatic rings. The van der Waals surface area contributed by atoms with Crippen molar-refractivity contribution in [1.82, 2.24) is 20.0 Å². The number of nitrogens with zero attached hydrogens (tertiary/aromatic N) is 3. The van der Waals surface area contributed by atoms with Gasteiger partial charge in [0.1, 0.15) is 0 Å². The van der Waals surface area contributed by atoms with Crippen molar-refractivity contribution in [1.29, 1.82) is 0 Å². The van der Waals surface area contributed by atoms with Gasteiger partial charge in [0.25, 0.3) is 0 Å². The second-order valence-corrected chi connectivity index (χ2v) is 5.64. The Hall–Kier alpha value is -1.65. The summed E-state index contributed by atoms with van der Waals surface area (Å²) in [6.45, 7) is 6.57. The molecule has 1 aromatic heterocycles. The first kappa shape index (κ1) is 14.3. The van der Waals surface area contributed by atoms with E-state index in [1.54, 1.807) is 0 Å². The number of rotatable bonds is 6. The molecular weight excluding hydrogens is 260 g/mol. The van der Waals surface area contributed by atoms with Gasteiger partial charge < -0.3 is 5.32 Å². The third-order valence-electron chi connectivity index (χ3n) is 4.26. The lowest BCUT2D eigenvalue weighted by Gasteiger charge is -2.22. The minimum absolute atomic E-state index is 0.700. The van der Waals surface area contributed by atoms with E-state index in [1.807, 2.05) is 29.1 Å². The van der Waals surface area contributed by atoms with E-state index >= 15 is 0 Å². The third-order valence-corrected chi connectivity index (χ3v) is 4.26. The van der Waals surface area contributed by atoms with Crippen molar-refractivity contribution in [3.8, 4) is 5.69 Å². The molecule has 2 aromatic rings. The number of hydrogen-bond donors (Lipinski definition) is 1. The van der Waals surface area contributed by atoms with Crippen LogP contribution in [0.3, 0.4) is 0 Å². The van der Waals surface area contributed by atoms with Crippen molar-refractivity contribution >= 4 is 0 Å². The molecule has 1 fully saturated rings. The molecule has 1 atom stereocenters. The minimum atomic E-state index is 0.700. The molecule has 3 rings (SSSR count). The molecule has 4 nitrogen and oxygen atoms in total. The number of likely N-dealkylation sites (N-methyl/N-ethyl adjacent to an activating group) is 1. The van der Waals surface area contributed by atoms with Crippen molar-refractivity contribution in [3.63, 3.8) is 0 Å². The summed E-state index contributed by atoms with van der Waals surface area (Å²) in [5, 5.41) is 8.18. The van der Waals surface area contributed by atoms with Crippen LogP contribution in [-0.2, 0) is 6.54 Å². The maximum Gasteiger partial charge on any atom is 0.0766 e. The molecule has 0 amide bonds. The van der Waals surface area contributed by atoms with Gasteiger partial charge >= 0.3 is 0 Å². The van der Waals surface area contributed by atoms with Gasteiger partial charge in [-0.15, -0.1) is 0 Å². The SMILES string of the molecule is CCN1CCCC1CNCc1ccn(-c2ccccc2)n1. The summed E-state index contributed by atoms with van der Waals surface area (Å²) in [5.41, 5.74) is 2.21. The molecule has 1 aliphatic heterocycles. The van der Waals surface area contributed by atoms with Crippen LogP contribution in [0.5, 0.6) is 0 Å². The summed E-state index contributed by atoms with van der Waals surface area (Å²) in [6, 6.07) is 13.0. The maximum absolute atomic E-state index is 4.62. The molecule has 0 spiro atoms. The third kappa shape index (κ3) is 3.52. The molecule has 0 radical (unpaired) electrons. The first-order valence-corrected chi connectivity index (χ1v) is 7.91. The predicted molar refractivity (Wildman–Crippen MR) is 85.5 cm³/mol. The summed E-state index contributed by atoms with van der Waals surface area (Å²) in [5.74, 6) is 0. The second kappa shape index (κ2) is 6.87. The van der Waals surface area contributed by atoms with Crippen molar-refractivity contribution in [3.05, 3.63) is 48.3 Å². The van der Waals surface area contributed by atoms with Gasteiger partial charge in [0.05, 0.1) is 11.4 Å². The van der Waals surface area contributed by atoms with Gasteiger partial charge in [-0.3, -0.25) is 4.90 Å². The topological polar surface area (TPSA) is 33.1 Å². The molecule has 0 bridgehead atoms. The Labute approximate surface area is 126 Å². The zero-order chi connectivity index (χ0) is 14.5. The van der Waals surface area contributed by atoms with Crippen LogP contribution in [0.1, 0.15) is 25.5 Å². The van der Waals surface area contributed by atoms with Crippen LogP contribution in [0.4, 0.5) is 0 Å². The van der Waals surface area contributed by atoms with E-state index < -0.39 is 0 Å². The largest absolute Gasteiger partial charge is 0.310 e. The quantitative estimate of drug-likeness (QED) is 0.884. The Kier molecular flexibility index (Phi) is 4.68. The summed E-state index contributed by atoms with van der Waals surface area (Å²) in [7, 11) is 0. The number of para-hydroxylation sites is 1. The van der Waals surface area contributed by atoms with E-state index in [0.717, 1.165) is 31.0 Å². The first-order valence-electron chi connectivity index (χ1n) is 7.91.